The fraction of sp³-hybridized carbons (Fsp3) is 0. The maximum absolute atomic E-state index is 8.74. The van der Waals surface area contributed by atoms with Crippen LogP contribution >= 0.6 is 11.6 Å². The van der Waals surface area contributed by atoms with E-state index in [1.165, 1.54) is 12.6 Å². The summed E-state index contributed by atoms with van der Waals surface area (Å²) in [4.78, 5) is 3.82. The van der Waals surface area contributed by atoms with Gasteiger partial charge in [0.15, 0.2) is 18.0 Å². The Morgan fingerprint density at radius 3 is 2.95 bits per heavy atom. The van der Waals surface area contributed by atoms with Crippen LogP contribution in [0.5, 0.6) is 0 Å². The number of halogens is 1. The molecule has 0 saturated heterocycles. The Hall–Kier alpha value is -2.85. The minimum absolute atomic E-state index is 0.207. The quantitative estimate of drug-likeness (QED) is 0.452. The summed E-state index contributed by atoms with van der Waals surface area (Å²) in [5.74, 6) is 0.0964. The van der Waals surface area contributed by atoms with Crippen LogP contribution in [0, 0.1) is 16.7 Å². The normalized spacial score (nSPS) is 10.9. The van der Waals surface area contributed by atoms with Crippen LogP contribution in [-0.4, -0.2) is 16.5 Å². The lowest BCUT2D eigenvalue weighted by Gasteiger charge is -2.05. The van der Waals surface area contributed by atoms with E-state index in [-0.39, 0.29) is 5.71 Å². The standard InChI is InChI=1S/C12H9ClN6O/c13-9-2-1-7(18-19-10(4-14)12(15)16)3-8(9)11-5-17-6-20-11/h1-3,5-6,18H,(H3,15,16)/b19-10+. The van der Waals surface area contributed by atoms with E-state index < -0.39 is 5.84 Å². The highest BCUT2D eigenvalue weighted by molar-refractivity contribution is 6.45. The summed E-state index contributed by atoms with van der Waals surface area (Å²) >= 11 is 6.07. The maximum Gasteiger partial charge on any atom is 0.201 e. The maximum atomic E-state index is 8.74. The van der Waals surface area contributed by atoms with Gasteiger partial charge in [-0.25, -0.2) is 4.98 Å². The summed E-state index contributed by atoms with van der Waals surface area (Å²) in [5.41, 5.74) is 8.81. The number of oxazole rings is 1. The van der Waals surface area contributed by atoms with E-state index >= 15 is 0 Å². The summed E-state index contributed by atoms with van der Waals surface area (Å²) < 4.78 is 5.17. The number of benzene rings is 1. The van der Waals surface area contributed by atoms with Crippen LogP contribution < -0.4 is 11.2 Å². The van der Waals surface area contributed by atoms with Crippen molar-refractivity contribution < 1.29 is 4.42 Å². The first-order chi connectivity index (χ1) is 9.61. The van der Waals surface area contributed by atoms with E-state index in [4.69, 9.17) is 32.4 Å². The summed E-state index contributed by atoms with van der Waals surface area (Å²) in [6.45, 7) is 0. The van der Waals surface area contributed by atoms with Gasteiger partial charge in [-0.1, -0.05) is 11.6 Å². The highest BCUT2D eigenvalue weighted by atomic mass is 35.5. The highest BCUT2D eigenvalue weighted by Gasteiger charge is 2.08. The van der Waals surface area contributed by atoms with Crippen LogP contribution in [0.4, 0.5) is 5.69 Å². The summed E-state index contributed by atoms with van der Waals surface area (Å²) in [6, 6.07) is 6.71. The van der Waals surface area contributed by atoms with Gasteiger partial charge in [-0.2, -0.15) is 10.4 Å². The van der Waals surface area contributed by atoms with Gasteiger partial charge in [-0.3, -0.25) is 10.8 Å². The molecule has 2 rings (SSSR count). The van der Waals surface area contributed by atoms with Gasteiger partial charge in [0.2, 0.25) is 5.71 Å². The van der Waals surface area contributed by atoms with Gasteiger partial charge in [-0.15, -0.1) is 0 Å². The number of amidine groups is 1. The Bertz CT molecular complexity index is 701. The van der Waals surface area contributed by atoms with Gasteiger partial charge in [-0.05, 0) is 18.2 Å². The molecule has 0 unspecified atom stereocenters. The topological polar surface area (TPSA) is 124 Å². The average Bonchev–Trinajstić information content (AvgIpc) is 2.94. The van der Waals surface area contributed by atoms with Gasteiger partial charge in [0, 0.05) is 5.56 Å². The number of anilines is 1. The lowest BCUT2D eigenvalue weighted by molar-refractivity contribution is 0.572. The van der Waals surface area contributed by atoms with Gasteiger partial charge in [0.1, 0.15) is 6.07 Å². The molecular weight excluding hydrogens is 280 g/mol. The van der Waals surface area contributed by atoms with Crippen LogP contribution in [0.2, 0.25) is 5.02 Å². The molecule has 0 radical (unpaired) electrons. The zero-order valence-electron chi connectivity index (χ0n) is 10.1. The minimum atomic E-state index is -0.413. The molecule has 1 heterocycles. The van der Waals surface area contributed by atoms with Crippen molar-refractivity contribution in [3.05, 3.63) is 35.8 Å². The molecule has 0 aliphatic carbocycles. The molecule has 0 atom stereocenters. The first-order valence-electron chi connectivity index (χ1n) is 5.38. The second-order valence-electron chi connectivity index (χ2n) is 3.66. The molecule has 8 heteroatoms. The fourth-order valence-electron chi connectivity index (χ4n) is 1.40. The molecule has 0 saturated carbocycles. The van der Waals surface area contributed by atoms with Crippen molar-refractivity contribution in [3.63, 3.8) is 0 Å². The van der Waals surface area contributed by atoms with E-state index in [9.17, 15) is 0 Å². The molecule has 4 N–H and O–H groups in total. The van der Waals surface area contributed by atoms with Gasteiger partial charge in [0.25, 0.3) is 0 Å². The molecule has 7 nitrogen and oxygen atoms in total. The van der Waals surface area contributed by atoms with Gasteiger partial charge < -0.3 is 10.2 Å². The molecule has 2 aromatic rings. The van der Waals surface area contributed by atoms with Crippen LogP contribution in [0.1, 0.15) is 0 Å². The molecule has 1 aromatic heterocycles. The first-order valence-corrected chi connectivity index (χ1v) is 5.76. The minimum Gasteiger partial charge on any atom is -0.443 e. The Kier molecular flexibility index (Phi) is 3.98. The van der Waals surface area contributed by atoms with Gasteiger partial charge >= 0.3 is 0 Å². The van der Waals surface area contributed by atoms with Crippen LogP contribution in [-0.2, 0) is 0 Å². The Balaban J connectivity index is 2.29. The molecule has 20 heavy (non-hydrogen) atoms. The van der Waals surface area contributed by atoms with Crippen molar-refractivity contribution in [2.45, 2.75) is 0 Å². The second kappa shape index (κ2) is 5.86. The number of hydrogen-bond acceptors (Lipinski definition) is 6. The van der Waals surface area contributed by atoms with Crippen LogP contribution in [0.15, 0.2) is 40.3 Å². The molecule has 1 aromatic carbocycles. The zero-order valence-corrected chi connectivity index (χ0v) is 10.8. The predicted octanol–water partition coefficient (Wildman–Crippen LogP) is 2.22. The SMILES string of the molecule is N#C/C(=N\Nc1ccc(Cl)c(-c2cnco2)c1)C(=N)N. The lowest BCUT2D eigenvalue weighted by Crippen LogP contribution is -2.21. The highest BCUT2D eigenvalue weighted by Crippen LogP contribution is 2.30. The number of rotatable bonds is 4. The van der Waals surface area contributed by atoms with E-state index in [2.05, 4.69) is 15.5 Å². The van der Waals surface area contributed by atoms with Crippen molar-refractivity contribution >= 4 is 28.8 Å². The monoisotopic (exact) mass is 288 g/mol. The number of aromatic nitrogens is 1. The summed E-state index contributed by atoms with van der Waals surface area (Å²) in [6.07, 6.45) is 2.83. The Labute approximate surface area is 119 Å². The molecule has 100 valence electrons. The number of hydrazone groups is 1. The molecule has 0 aliphatic rings. The molecule has 0 aliphatic heterocycles. The van der Waals surface area contributed by atoms with Crippen LogP contribution in [0.3, 0.4) is 0 Å². The average molecular weight is 289 g/mol. The summed E-state index contributed by atoms with van der Waals surface area (Å²) in [5, 5.41) is 20.1. The second-order valence-corrected chi connectivity index (χ2v) is 4.07. The van der Waals surface area contributed by atoms with E-state index in [1.807, 2.05) is 0 Å². The molecule has 0 amide bonds. The van der Waals surface area contributed by atoms with Crippen LogP contribution in [0.25, 0.3) is 11.3 Å². The summed E-state index contributed by atoms with van der Waals surface area (Å²) in [7, 11) is 0. The lowest BCUT2D eigenvalue weighted by atomic mass is 10.1. The third-order valence-electron chi connectivity index (χ3n) is 2.32. The Morgan fingerprint density at radius 1 is 1.55 bits per heavy atom. The molecule has 0 spiro atoms. The van der Waals surface area contributed by atoms with Crippen molar-refractivity contribution in [2.75, 3.05) is 5.43 Å². The number of nitrogens with one attached hydrogen (secondary N) is 2. The largest absolute Gasteiger partial charge is 0.443 e. The molecule has 0 bridgehead atoms. The third-order valence-corrected chi connectivity index (χ3v) is 2.65. The third kappa shape index (κ3) is 2.93. The molecule has 0 fully saturated rings. The van der Waals surface area contributed by atoms with E-state index in [0.29, 0.717) is 22.0 Å². The predicted molar refractivity (Wildman–Crippen MR) is 75.5 cm³/mol. The van der Waals surface area contributed by atoms with E-state index in [1.54, 1.807) is 24.3 Å². The number of nitriles is 1. The van der Waals surface area contributed by atoms with Gasteiger partial charge in [0.05, 0.1) is 16.9 Å². The zero-order chi connectivity index (χ0) is 14.5. The van der Waals surface area contributed by atoms with Crippen molar-refractivity contribution in [1.29, 1.82) is 10.7 Å². The number of nitrogens with zero attached hydrogens (tertiary/aromatic N) is 3. The Morgan fingerprint density at radius 2 is 2.35 bits per heavy atom. The van der Waals surface area contributed by atoms with Crippen molar-refractivity contribution in [1.82, 2.24) is 4.98 Å². The van der Waals surface area contributed by atoms with E-state index in [0.717, 1.165) is 0 Å². The first kappa shape index (κ1) is 13.6. The smallest absolute Gasteiger partial charge is 0.201 e. The number of hydrogen-bond donors (Lipinski definition) is 3. The molecular formula is C12H9ClN6O. The van der Waals surface area contributed by atoms with Crippen molar-refractivity contribution in [3.8, 4) is 17.4 Å². The number of nitrogens with two attached hydrogens (primary N) is 1. The fourth-order valence-corrected chi connectivity index (χ4v) is 1.61. The van der Waals surface area contributed by atoms with Crippen molar-refractivity contribution in [2.24, 2.45) is 10.8 Å².